The van der Waals surface area contributed by atoms with Gasteiger partial charge >= 0.3 is 0 Å². The first-order valence-electron chi connectivity index (χ1n) is 6.15. The summed E-state index contributed by atoms with van der Waals surface area (Å²) in [5.74, 6) is 0. The van der Waals surface area contributed by atoms with Gasteiger partial charge < -0.3 is 25.2 Å². The summed E-state index contributed by atoms with van der Waals surface area (Å²) in [6.45, 7) is -0.498. The Kier molecular flexibility index (Phi) is 5.14. The minimum atomic E-state index is -1.44. The molecule has 1 aliphatic rings. The number of benzene rings is 1. The van der Waals surface area contributed by atoms with Gasteiger partial charge in [0, 0.05) is 17.0 Å². The Labute approximate surface area is 124 Å². The molecule has 0 spiro atoms. The molecule has 1 aromatic rings. The zero-order valence-corrected chi connectivity index (χ0v) is 11.6. The maximum Gasteiger partial charge on any atom is 0.269 e. The van der Waals surface area contributed by atoms with Crippen molar-refractivity contribution in [1.29, 1.82) is 0 Å². The van der Waals surface area contributed by atoms with Gasteiger partial charge in [-0.3, -0.25) is 10.1 Å². The standard InChI is InChI=1S/C12H15NO7S/c14-5-8-9(15)10(16)11(17)12(20-8)21-7-3-1-6(2-4-7)13(18)19/h1-4,8-12,14-17H,5H2. The molecule has 1 heterocycles. The third-order valence-electron chi connectivity index (χ3n) is 3.15. The summed E-state index contributed by atoms with van der Waals surface area (Å²) in [5.41, 5.74) is -0.963. The van der Waals surface area contributed by atoms with Crippen LogP contribution in [0.2, 0.25) is 0 Å². The lowest BCUT2D eigenvalue weighted by Gasteiger charge is -2.39. The van der Waals surface area contributed by atoms with E-state index in [9.17, 15) is 25.4 Å². The number of ether oxygens (including phenoxy) is 1. The highest BCUT2D eigenvalue weighted by Crippen LogP contribution is 2.33. The van der Waals surface area contributed by atoms with Crippen LogP contribution in [0.15, 0.2) is 29.2 Å². The maximum absolute atomic E-state index is 10.6. The van der Waals surface area contributed by atoms with Crippen molar-refractivity contribution in [3.8, 4) is 0 Å². The summed E-state index contributed by atoms with van der Waals surface area (Å²) >= 11 is 1.04. The number of thioether (sulfide) groups is 1. The number of hydrogen-bond donors (Lipinski definition) is 4. The second-order valence-electron chi connectivity index (χ2n) is 4.57. The molecule has 0 aliphatic carbocycles. The van der Waals surface area contributed by atoms with Crippen LogP contribution in [0.25, 0.3) is 0 Å². The second-order valence-corrected chi connectivity index (χ2v) is 5.74. The maximum atomic E-state index is 10.6. The van der Waals surface area contributed by atoms with Crippen molar-refractivity contribution in [1.82, 2.24) is 0 Å². The molecule has 21 heavy (non-hydrogen) atoms. The first-order chi connectivity index (χ1) is 9.93. The van der Waals surface area contributed by atoms with Crippen LogP contribution in [-0.4, -0.2) is 61.8 Å². The van der Waals surface area contributed by atoms with Crippen molar-refractivity contribution < 1.29 is 30.1 Å². The summed E-state index contributed by atoms with van der Waals surface area (Å²) in [5, 5.41) is 48.9. The summed E-state index contributed by atoms with van der Waals surface area (Å²) in [7, 11) is 0. The van der Waals surface area contributed by atoms with Crippen LogP contribution in [0, 0.1) is 10.1 Å². The predicted molar refractivity (Wildman–Crippen MR) is 72.7 cm³/mol. The van der Waals surface area contributed by atoms with Crippen LogP contribution in [0.3, 0.4) is 0 Å². The van der Waals surface area contributed by atoms with Crippen molar-refractivity contribution in [3.63, 3.8) is 0 Å². The monoisotopic (exact) mass is 317 g/mol. The van der Waals surface area contributed by atoms with Gasteiger partial charge in [0.2, 0.25) is 0 Å². The molecular weight excluding hydrogens is 302 g/mol. The molecule has 0 aromatic heterocycles. The quantitative estimate of drug-likeness (QED) is 0.431. The highest BCUT2D eigenvalue weighted by molar-refractivity contribution is 7.99. The highest BCUT2D eigenvalue weighted by Gasteiger charge is 2.43. The molecule has 4 N–H and O–H groups in total. The average molecular weight is 317 g/mol. The lowest BCUT2D eigenvalue weighted by atomic mass is 10.0. The van der Waals surface area contributed by atoms with Crippen LogP contribution in [0.4, 0.5) is 5.69 Å². The Bertz CT molecular complexity index is 495. The molecule has 5 atom stereocenters. The molecule has 0 saturated carbocycles. The van der Waals surface area contributed by atoms with Crippen LogP contribution in [0.5, 0.6) is 0 Å². The number of hydrogen-bond acceptors (Lipinski definition) is 8. The van der Waals surface area contributed by atoms with Crippen LogP contribution in [0.1, 0.15) is 0 Å². The van der Waals surface area contributed by atoms with E-state index in [4.69, 9.17) is 9.84 Å². The lowest BCUT2D eigenvalue weighted by molar-refractivity contribution is -0.384. The van der Waals surface area contributed by atoms with Crippen molar-refractivity contribution >= 4 is 17.4 Å². The molecule has 1 aliphatic heterocycles. The molecule has 116 valence electrons. The number of non-ortho nitro benzene ring substituents is 1. The fraction of sp³-hybridized carbons (Fsp3) is 0.500. The first-order valence-corrected chi connectivity index (χ1v) is 7.03. The molecule has 8 nitrogen and oxygen atoms in total. The molecule has 5 unspecified atom stereocenters. The van der Waals surface area contributed by atoms with Gasteiger partial charge in [-0.1, -0.05) is 11.8 Å². The van der Waals surface area contributed by atoms with Gasteiger partial charge in [-0.2, -0.15) is 0 Å². The zero-order valence-electron chi connectivity index (χ0n) is 10.8. The van der Waals surface area contributed by atoms with E-state index >= 15 is 0 Å². The van der Waals surface area contributed by atoms with Gasteiger partial charge in [0.25, 0.3) is 5.69 Å². The Morgan fingerprint density at radius 3 is 2.29 bits per heavy atom. The molecular formula is C12H15NO7S. The van der Waals surface area contributed by atoms with E-state index in [0.717, 1.165) is 11.8 Å². The van der Waals surface area contributed by atoms with E-state index in [1.54, 1.807) is 0 Å². The smallest absolute Gasteiger partial charge is 0.269 e. The normalized spacial score (nSPS) is 32.9. The second kappa shape index (κ2) is 6.69. The largest absolute Gasteiger partial charge is 0.394 e. The molecule has 0 amide bonds. The minimum absolute atomic E-state index is 0.0619. The van der Waals surface area contributed by atoms with E-state index in [1.807, 2.05) is 0 Å². The predicted octanol–water partition coefficient (Wildman–Crippen LogP) is -0.513. The molecule has 1 fully saturated rings. The van der Waals surface area contributed by atoms with Gasteiger partial charge in [0.05, 0.1) is 11.5 Å². The number of nitro benzene ring substituents is 1. The Hall–Kier alpha value is -1.23. The SMILES string of the molecule is O=[N+]([O-])c1ccc(SC2OC(CO)C(O)C(O)C2O)cc1. The van der Waals surface area contributed by atoms with Crippen LogP contribution in [-0.2, 0) is 4.74 Å². The van der Waals surface area contributed by atoms with Crippen molar-refractivity contribution in [3.05, 3.63) is 34.4 Å². The molecule has 2 rings (SSSR count). The number of nitro groups is 1. The van der Waals surface area contributed by atoms with Crippen molar-refractivity contribution in [2.24, 2.45) is 0 Å². The van der Waals surface area contributed by atoms with Crippen molar-refractivity contribution in [2.45, 2.75) is 34.7 Å². The van der Waals surface area contributed by atoms with E-state index in [2.05, 4.69) is 0 Å². The van der Waals surface area contributed by atoms with Gasteiger partial charge in [0.15, 0.2) is 0 Å². The van der Waals surface area contributed by atoms with Crippen LogP contribution >= 0.6 is 11.8 Å². The minimum Gasteiger partial charge on any atom is -0.394 e. The number of aliphatic hydroxyl groups is 4. The molecule has 0 bridgehead atoms. The number of rotatable bonds is 4. The number of nitrogens with zero attached hydrogens (tertiary/aromatic N) is 1. The molecule has 1 saturated heterocycles. The van der Waals surface area contributed by atoms with Gasteiger partial charge in [-0.05, 0) is 12.1 Å². The Morgan fingerprint density at radius 2 is 1.76 bits per heavy atom. The van der Waals surface area contributed by atoms with E-state index in [-0.39, 0.29) is 5.69 Å². The topological polar surface area (TPSA) is 133 Å². The molecule has 1 aromatic carbocycles. The van der Waals surface area contributed by atoms with Gasteiger partial charge in [0.1, 0.15) is 29.9 Å². The van der Waals surface area contributed by atoms with E-state index < -0.39 is 41.4 Å². The summed E-state index contributed by atoms with van der Waals surface area (Å²) in [6.07, 6.45) is -5.16. The average Bonchev–Trinajstić information content (AvgIpc) is 2.48. The summed E-state index contributed by atoms with van der Waals surface area (Å²) in [6, 6.07) is 5.60. The Balaban J connectivity index is 2.08. The van der Waals surface area contributed by atoms with Crippen LogP contribution < -0.4 is 0 Å². The summed E-state index contributed by atoms with van der Waals surface area (Å²) in [4.78, 5) is 10.6. The third kappa shape index (κ3) is 3.51. The van der Waals surface area contributed by atoms with Crippen molar-refractivity contribution in [2.75, 3.05) is 6.61 Å². The fourth-order valence-electron chi connectivity index (χ4n) is 1.95. The zero-order chi connectivity index (χ0) is 15.6. The van der Waals surface area contributed by atoms with E-state index in [1.165, 1.54) is 24.3 Å². The van der Waals surface area contributed by atoms with Gasteiger partial charge in [-0.15, -0.1) is 0 Å². The Morgan fingerprint density at radius 1 is 1.14 bits per heavy atom. The fourth-order valence-corrected chi connectivity index (χ4v) is 3.01. The first kappa shape index (κ1) is 16.1. The summed E-state index contributed by atoms with van der Waals surface area (Å²) < 4.78 is 5.33. The van der Waals surface area contributed by atoms with Gasteiger partial charge in [-0.25, -0.2) is 0 Å². The van der Waals surface area contributed by atoms with E-state index in [0.29, 0.717) is 4.90 Å². The highest BCUT2D eigenvalue weighted by atomic mass is 32.2. The third-order valence-corrected chi connectivity index (χ3v) is 4.31. The number of aliphatic hydroxyl groups excluding tert-OH is 4. The molecule has 9 heteroatoms. The lowest BCUT2D eigenvalue weighted by Crippen LogP contribution is -2.57. The molecule has 0 radical (unpaired) electrons.